The van der Waals surface area contributed by atoms with Crippen molar-refractivity contribution in [2.75, 3.05) is 122 Å². The molecule has 0 radical (unpaired) electrons. The molecule has 0 bridgehead atoms. The zero-order valence-electron chi connectivity index (χ0n) is 43.4. The second-order valence-corrected chi connectivity index (χ2v) is 22.7. The molecule has 0 spiro atoms. The molecule has 3 unspecified atom stereocenters. The maximum Gasteiger partial charge on any atom is 0.313 e. The van der Waals surface area contributed by atoms with Crippen molar-refractivity contribution in [2.45, 2.75) is 89.1 Å². The number of halogens is 3. The first-order valence-electron chi connectivity index (χ1n) is 25.8. The molecule has 3 atom stereocenters. The maximum atomic E-state index is 13.6. The van der Waals surface area contributed by atoms with Gasteiger partial charge in [0.05, 0.1) is 115 Å². The number of anilines is 2. The minimum atomic E-state index is -2.75. The van der Waals surface area contributed by atoms with Gasteiger partial charge in [0.2, 0.25) is 17.6 Å². The molecular weight excluding hydrogens is 1300 g/mol. The molecule has 31 heteroatoms. The van der Waals surface area contributed by atoms with Crippen LogP contribution in [-0.4, -0.2) is 191 Å². The van der Waals surface area contributed by atoms with Crippen molar-refractivity contribution in [1.82, 2.24) is 40.1 Å². The number of aryl methyl sites for hydroxylation is 1. The smallest absolute Gasteiger partial charge is 0.313 e. The zero-order valence-corrected chi connectivity index (χ0v) is 49.5. The molecule has 25 nitrogen and oxygen atoms in total. The summed E-state index contributed by atoms with van der Waals surface area (Å²) < 4.78 is 93.2. The van der Waals surface area contributed by atoms with Crippen LogP contribution in [-0.2, 0) is 49.3 Å². The van der Waals surface area contributed by atoms with Crippen LogP contribution >= 0.6 is 15.9 Å². The van der Waals surface area contributed by atoms with Gasteiger partial charge in [0.15, 0.2) is 23.5 Å². The van der Waals surface area contributed by atoms with Crippen LogP contribution in [0.3, 0.4) is 0 Å². The standard InChI is InChI=1S/C47H69F3N10O14P2.H2O.U/c48-34-26-38(49)43(39(50)27-34)74-42(61)10-14-67-17-20-69-19-16-66-13-5-1-4-12-59-31-40(56-57-59)72-25-24-71-23-22-70-21-18-68-15-11-51-46(62)33-29-58(30-33)47-54-44(53-35-6-2-3-7-35)37-28-52-60(45(37)55-47)41-9-8-36(73-41)32-75(63)76(64)65;;/h26-28,31,33,35-36,41,63-65H,1-25,29-30,32H2,(H,51,62)(H,53,54,55);1H2;/p+1. The van der Waals surface area contributed by atoms with Gasteiger partial charge in [-0.15, -0.1) is 0 Å². The number of carbonyl (C=O) groups is 2. The number of aromatic nitrogens is 7. The molecule has 1 saturated carbocycles. The Morgan fingerprint density at radius 1 is 0.808 bits per heavy atom. The van der Waals surface area contributed by atoms with Crippen molar-refractivity contribution in [3.63, 3.8) is 0 Å². The van der Waals surface area contributed by atoms with E-state index in [4.69, 9.17) is 47.9 Å². The van der Waals surface area contributed by atoms with Crippen LogP contribution in [0, 0.1) is 54.5 Å². The third-order valence-electron chi connectivity index (χ3n) is 12.5. The number of nitrogens with one attached hydrogen (secondary N) is 2. The summed E-state index contributed by atoms with van der Waals surface area (Å²) >= 11 is 0. The molecule has 4 aromatic rings. The zero-order chi connectivity index (χ0) is 53.5. The van der Waals surface area contributed by atoms with E-state index in [2.05, 4.69) is 30.8 Å². The summed E-state index contributed by atoms with van der Waals surface area (Å²) in [5.74, 6) is -4.24. The second-order valence-electron chi connectivity index (χ2n) is 18.2. The predicted molar refractivity (Wildman–Crippen MR) is 274 cm³/mol. The number of hydrogen-bond donors (Lipinski definition) is 5. The molecular formula is C47H72F3N10O15P2U+. The number of amides is 1. The molecule has 434 valence electrons. The van der Waals surface area contributed by atoms with Crippen molar-refractivity contribution >= 4 is 50.6 Å². The molecule has 3 aliphatic rings. The minimum Gasteiger partial charge on any atom is -0.473 e. The summed E-state index contributed by atoms with van der Waals surface area (Å²) in [4.78, 5) is 65.5. The Morgan fingerprint density at radius 3 is 2.13 bits per heavy atom. The second kappa shape index (κ2) is 35.4. The van der Waals surface area contributed by atoms with E-state index in [1.165, 1.54) is 0 Å². The monoisotopic (exact) mass is 1370 g/mol. The molecule has 2 saturated heterocycles. The molecule has 3 aromatic heterocycles. The SMILES string of the molecule is O.O=C(CCOCCOCCOCCCCCn1cc(OCCOCCOCCOCCNC(=O)C2CN(c3nc(NC4CCCC4)c4cnn(C5CCC(CP(O)[PH+](O)O)O5)c4n3)C2)nn1)Oc1c(F)cc(F)cc1F.[U]. The van der Waals surface area contributed by atoms with E-state index in [1.807, 2.05) is 4.90 Å². The number of unbranched alkanes of at least 4 members (excludes halogenated alkanes) is 2. The van der Waals surface area contributed by atoms with Crippen LogP contribution in [0.2, 0.25) is 0 Å². The molecule has 2 aliphatic heterocycles. The van der Waals surface area contributed by atoms with Gasteiger partial charge in [-0.1, -0.05) is 23.2 Å². The maximum absolute atomic E-state index is 13.6. The van der Waals surface area contributed by atoms with E-state index in [-0.39, 0.29) is 86.9 Å². The number of esters is 1. The van der Waals surface area contributed by atoms with E-state index in [0.717, 1.165) is 50.3 Å². The Kier molecular flexibility index (Phi) is 29.6. The van der Waals surface area contributed by atoms with Crippen LogP contribution < -0.4 is 25.0 Å². The number of fused-ring (bicyclic) bond motifs is 1. The summed E-state index contributed by atoms with van der Waals surface area (Å²) in [6, 6.07) is 1.16. The summed E-state index contributed by atoms with van der Waals surface area (Å²) in [7, 11) is -4.62. The summed E-state index contributed by atoms with van der Waals surface area (Å²) in [6.45, 7) is 6.32. The van der Waals surface area contributed by atoms with Gasteiger partial charge in [-0.25, -0.2) is 32.3 Å². The van der Waals surface area contributed by atoms with E-state index in [0.29, 0.717) is 147 Å². The van der Waals surface area contributed by atoms with Gasteiger partial charge >= 0.3 is 5.97 Å². The first-order chi connectivity index (χ1) is 37.0. The Bertz CT molecular complexity index is 2380. The average Bonchev–Trinajstić information content (AvgIpc) is 4.29. The average molecular weight is 1370 g/mol. The Hall–Kier alpha value is -3.49. The van der Waals surface area contributed by atoms with E-state index < -0.39 is 51.3 Å². The molecule has 5 heterocycles. The van der Waals surface area contributed by atoms with E-state index >= 15 is 0 Å². The fraction of sp³-hybridized carbons (Fsp3) is 0.681. The van der Waals surface area contributed by atoms with Crippen molar-refractivity contribution in [1.29, 1.82) is 0 Å². The van der Waals surface area contributed by atoms with Crippen LogP contribution in [0.5, 0.6) is 11.6 Å². The topological polar surface area (TPSA) is 311 Å². The quantitative estimate of drug-likeness (QED) is 0.0187. The van der Waals surface area contributed by atoms with Crippen molar-refractivity contribution < 1.29 is 117 Å². The third kappa shape index (κ3) is 21.4. The van der Waals surface area contributed by atoms with Crippen molar-refractivity contribution in [2.24, 2.45) is 5.92 Å². The molecule has 1 aliphatic carbocycles. The van der Waals surface area contributed by atoms with E-state index in [9.17, 15) is 37.4 Å². The number of hydrogen-bond acceptors (Lipinski definition) is 21. The molecule has 78 heavy (non-hydrogen) atoms. The Balaban J connectivity index is 0.00000560. The van der Waals surface area contributed by atoms with E-state index in [1.54, 1.807) is 21.8 Å². The predicted octanol–water partition coefficient (Wildman–Crippen LogP) is 3.27. The largest absolute Gasteiger partial charge is 0.473 e. The normalized spacial score (nSPS) is 17.0. The Labute approximate surface area is 475 Å². The third-order valence-corrected chi connectivity index (χ3v) is 15.6. The Morgan fingerprint density at radius 2 is 1.45 bits per heavy atom. The number of rotatable bonds is 37. The van der Waals surface area contributed by atoms with Gasteiger partial charge < -0.3 is 68.5 Å². The molecule has 3 fully saturated rings. The number of carbonyl (C=O) groups excluding carboxylic acids is 2. The van der Waals surface area contributed by atoms with Gasteiger partial charge in [-0.05, 0) is 44.9 Å². The van der Waals surface area contributed by atoms with Crippen LogP contribution in [0.4, 0.5) is 24.9 Å². The first-order valence-corrected chi connectivity index (χ1v) is 29.5. The number of nitrogens with zero attached hydrogens (tertiary/aromatic N) is 8. The summed E-state index contributed by atoms with van der Waals surface area (Å²) in [5, 5.41) is 20.1. The molecule has 7 N–H and O–H groups in total. The van der Waals surface area contributed by atoms with Gasteiger partial charge in [-0.3, -0.25) is 9.59 Å². The van der Waals surface area contributed by atoms with Crippen LogP contribution in [0.15, 0.2) is 24.5 Å². The number of ether oxygens (including phenoxy) is 9. The molecule has 1 aromatic carbocycles. The van der Waals surface area contributed by atoms with Crippen LogP contribution in [0.1, 0.15) is 70.4 Å². The van der Waals surface area contributed by atoms with Crippen molar-refractivity contribution in [3.05, 3.63) is 42.0 Å². The summed E-state index contributed by atoms with van der Waals surface area (Å²) in [5.41, 5.74) is 0.618. The van der Waals surface area contributed by atoms with Gasteiger partial charge in [0.25, 0.3) is 21.8 Å². The number of benzene rings is 1. The first kappa shape index (κ1) is 65.3. The fourth-order valence-corrected chi connectivity index (χ4v) is 10.4. The molecule has 7 rings (SSSR count). The van der Waals surface area contributed by atoms with Crippen molar-refractivity contribution in [3.8, 4) is 11.6 Å². The summed E-state index contributed by atoms with van der Waals surface area (Å²) in [6.07, 6.45) is 11.1. The minimum absolute atomic E-state index is 0. The van der Waals surface area contributed by atoms with Gasteiger partial charge in [0.1, 0.15) is 18.2 Å². The fourth-order valence-electron chi connectivity index (χ4n) is 8.46. The van der Waals surface area contributed by atoms with Crippen LogP contribution in [0.25, 0.3) is 11.0 Å². The van der Waals surface area contributed by atoms with Gasteiger partial charge in [0, 0.05) is 82.1 Å². The molecule has 1 amide bonds. The van der Waals surface area contributed by atoms with Gasteiger partial charge in [-0.2, -0.15) is 15.1 Å².